The minimum atomic E-state index is -0.231. The number of fused-ring (bicyclic) bond motifs is 5. The highest BCUT2D eigenvalue weighted by atomic mass is 16.3. The van der Waals surface area contributed by atoms with E-state index in [2.05, 4.69) is 121 Å². The molecule has 0 saturated heterocycles. The van der Waals surface area contributed by atoms with E-state index in [-0.39, 0.29) is 18.6 Å². The van der Waals surface area contributed by atoms with E-state index in [1.807, 2.05) is 0 Å². The molecule has 0 saturated carbocycles. The van der Waals surface area contributed by atoms with Crippen molar-refractivity contribution in [3.05, 3.63) is 132 Å². The van der Waals surface area contributed by atoms with Crippen LogP contribution in [0.1, 0.15) is 36.8 Å². The third-order valence-corrected chi connectivity index (χ3v) is 9.09. The van der Waals surface area contributed by atoms with Crippen LogP contribution in [0.3, 0.4) is 0 Å². The van der Waals surface area contributed by atoms with Gasteiger partial charge in [0.15, 0.2) is 0 Å². The zero-order valence-electron chi connectivity index (χ0n) is 23.2. The molecule has 7 rings (SSSR count). The van der Waals surface area contributed by atoms with Crippen molar-refractivity contribution in [1.82, 2.24) is 0 Å². The lowest BCUT2D eigenvalue weighted by atomic mass is 9.71. The predicted molar refractivity (Wildman–Crippen MR) is 171 cm³/mol. The largest absolute Gasteiger partial charge is 0.396 e. The molecule has 6 aromatic rings. The third-order valence-electron chi connectivity index (χ3n) is 9.09. The standard InChI is InChI=1S/C39H34O2/c40-23-7-21-39(22-8-24-41)37-19-17-29(33-15-5-11-27-9-1-3-13-31(27)33)25-35(37)36-26-30(18-20-38(36)39)34-16-6-12-28-10-2-4-14-32(28)34/h1-6,9-20,25-26,40-41H,7-8,21-24H2. The molecule has 6 aromatic carbocycles. The summed E-state index contributed by atoms with van der Waals surface area (Å²) in [5, 5.41) is 24.8. The molecule has 202 valence electrons. The van der Waals surface area contributed by atoms with Gasteiger partial charge in [0, 0.05) is 18.6 Å². The summed E-state index contributed by atoms with van der Waals surface area (Å²) >= 11 is 0. The maximum atomic E-state index is 9.90. The Labute approximate surface area is 241 Å². The lowest BCUT2D eigenvalue weighted by molar-refractivity contribution is 0.247. The number of benzene rings is 6. The average molecular weight is 535 g/mol. The van der Waals surface area contributed by atoms with E-state index >= 15 is 0 Å². The topological polar surface area (TPSA) is 40.5 Å². The van der Waals surface area contributed by atoms with Gasteiger partial charge in [-0.3, -0.25) is 0 Å². The minimum Gasteiger partial charge on any atom is -0.396 e. The van der Waals surface area contributed by atoms with Crippen molar-refractivity contribution in [2.75, 3.05) is 13.2 Å². The van der Waals surface area contributed by atoms with Gasteiger partial charge in [0.2, 0.25) is 0 Å². The zero-order valence-corrected chi connectivity index (χ0v) is 23.2. The summed E-state index contributed by atoms with van der Waals surface area (Å²) in [5.74, 6) is 0. The van der Waals surface area contributed by atoms with E-state index in [1.54, 1.807) is 0 Å². The zero-order chi connectivity index (χ0) is 27.8. The van der Waals surface area contributed by atoms with Gasteiger partial charge >= 0.3 is 0 Å². The molecule has 2 nitrogen and oxygen atoms in total. The van der Waals surface area contributed by atoms with Gasteiger partial charge in [0.1, 0.15) is 0 Å². The first-order chi connectivity index (χ1) is 20.2. The summed E-state index contributed by atoms with van der Waals surface area (Å²) in [4.78, 5) is 0. The van der Waals surface area contributed by atoms with Crippen LogP contribution >= 0.6 is 0 Å². The van der Waals surface area contributed by atoms with Crippen LogP contribution in [0.4, 0.5) is 0 Å². The molecule has 0 radical (unpaired) electrons. The maximum absolute atomic E-state index is 9.90. The quantitative estimate of drug-likeness (QED) is 0.204. The van der Waals surface area contributed by atoms with Crippen LogP contribution in [-0.2, 0) is 5.41 Å². The van der Waals surface area contributed by atoms with Crippen LogP contribution in [0.2, 0.25) is 0 Å². The molecule has 0 heterocycles. The fourth-order valence-electron chi connectivity index (χ4n) is 7.23. The van der Waals surface area contributed by atoms with Crippen molar-refractivity contribution < 1.29 is 10.2 Å². The molecule has 0 unspecified atom stereocenters. The molecular formula is C39H34O2. The lowest BCUT2D eigenvalue weighted by Crippen LogP contribution is -2.26. The van der Waals surface area contributed by atoms with Gasteiger partial charge in [-0.1, -0.05) is 109 Å². The molecule has 0 fully saturated rings. The number of hydrogen-bond acceptors (Lipinski definition) is 2. The van der Waals surface area contributed by atoms with Crippen LogP contribution in [0, 0.1) is 0 Å². The van der Waals surface area contributed by atoms with E-state index < -0.39 is 0 Å². The molecule has 0 aliphatic heterocycles. The normalized spacial score (nSPS) is 13.4. The van der Waals surface area contributed by atoms with E-state index in [9.17, 15) is 10.2 Å². The van der Waals surface area contributed by atoms with Gasteiger partial charge in [-0.2, -0.15) is 0 Å². The second-order valence-electron chi connectivity index (χ2n) is 11.3. The first-order valence-corrected chi connectivity index (χ1v) is 14.7. The second kappa shape index (κ2) is 10.6. The van der Waals surface area contributed by atoms with Crippen molar-refractivity contribution in [3.8, 4) is 33.4 Å². The second-order valence-corrected chi connectivity index (χ2v) is 11.3. The highest BCUT2D eigenvalue weighted by molar-refractivity contribution is 6.00. The van der Waals surface area contributed by atoms with Crippen LogP contribution in [0.15, 0.2) is 121 Å². The Morgan fingerprint density at radius 1 is 0.439 bits per heavy atom. The van der Waals surface area contributed by atoms with E-state index in [4.69, 9.17) is 0 Å². The summed E-state index contributed by atoms with van der Waals surface area (Å²) in [7, 11) is 0. The minimum absolute atomic E-state index is 0.160. The van der Waals surface area contributed by atoms with Crippen molar-refractivity contribution >= 4 is 21.5 Å². The van der Waals surface area contributed by atoms with E-state index in [0.29, 0.717) is 0 Å². The lowest BCUT2D eigenvalue weighted by Gasteiger charge is -2.32. The van der Waals surface area contributed by atoms with Crippen LogP contribution < -0.4 is 0 Å². The molecule has 1 aliphatic carbocycles. The summed E-state index contributed by atoms with van der Waals surface area (Å²) in [6, 6.07) is 44.2. The smallest absolute Gasteiger partial charge is 0.0431 e. The number of aliphatic hydroxyl groups is 2. The maximum Gasteiger partial charge on any atom is 0.0431 e. The Bertz CT molecular complexity index is 1730. The van der Waals surface area contributed by atoms with Crippen molar-refractivity contribution in [2.24, 2.45) is 0 Å². The van der Waals surface area contributed by atoms with Gasteiger partial charge in [-0.05, 0) is 104 Å². The number of aliphatic hydroxyl groups excluding tert-OH is 2. The first kappa shape index (κ1) is 25.7. The number of hydrogen-bond donors (Lipinski definition) is 2. The third kappa shape index (κ3) is 4.26. The van der Waals surface area contributed by atoms with Crippen molar-refractivity contribution in [3.63, 3.8) is 0 Å². The van der Waals surface area contributed by atoms with E-state index in [1.165, 1.54) is 66.1 Å². The van der Waals surface area contributed by atoms with Crippen molar-refractivity contribution in [2.45, 2.75) is 31.1 Å². The molecule has 2 heteroatoms. The average Bonchev–Trinajstić information content (AvgIpc) is 3.30. The SMILES string of the molecule is OCCCC1(CCCO)c2ccc(-c3cccc4ccccc34)cc2-c2cc(-c3cccc4ccccc34)ccc21. The highest BCUT2D eigenvalue weighted by Crippen LogP contribution is 2.55. The van der Waals surface area contributed by atoms with Gasteiger partial charge in [0.05, 0.1) is 0 Å². The molecule has 0 aromatic heterocycles. The molecule has 2 N–H and O–H groups in total. The fraction of sp³-hybridized carbons (Fsp3) is 0.179. The Hall–Kier alpha value is -4.24. The molecule has 1 aliphatic rings. The summed E-state index contributed by atoms with van der Waals surface area (Å²) < 4.78 is 0. The monoisotopic (exact) mass is 534 g/mol. The fourth-order valence-corrected chi connectivity index (χ4v) is 7.23. The Morgan fingerprint density at radius 3 is 1.34 bits per heavy atom. The molecule has 41 heavy (non-hydrogen) atoms. The summed E-state index contributed by atoms with van der Waals surface area (Å²) in [5.41, 5.74) is 9.82. The van der Waals surface area contributed by atoms with Gasteiger partial charge in [0.25, 0.3) is 0 Å². The molecule has 0 bridgehead atoms. The molecule has 0 amide bonds. The Kier molecular flexibility index (Phi) is 6.66. The summed E-state index contributed by atoms with van der Waals surface area (Å²) in [6.45, 7) is 0.321. The Balaban J connectivity index is 1.46. The van der Waals surface area contributed by atoms with Gasteiger partial charge < -0.3 is 10.2 Å². The molecule has 0 spiro atoms. The van der Waals surface area contributed by atoms with Crippen LogP contribution in [0.25, 0.3) is 54.9 Å². The van der Waals surface area contributed by atoms with Crippen LogP contribution in [0.5, 0.6) is 0 Å². The van der Waals surface area contributed by atoms with Crippen molar-refractivity contribution in [1.29, 1.82) is 0 Å². The number of rotatable bonds is 8. The Morgan fingerprint density at radius 2 is 0.878 bits per heavy atom. The summed E-state index contributed by atoms with van der Waals surface area (Å²) in [6.07, 6.45) is 3.15. The highest BCUT2D eigenvalue weighted by Gasteiger charge is 2.42. The van der Waals surface area contributed by atoms with Crippen LogP contribution in [-0.4, -0.2) is 23.4 Å². The van der Waals surface area contributed by atoms with Gasteiger partial charge in [-0.15, -0.1) is 0 Å². The first-order valence-electron chi connectivity index (χ1n) is 14.7. The molecular weight excluding hydrogens is 500 g/mol. The van der Waals surface area contributed by atoms with E-state index in [0.717, 1.165) is 25.7 Å². The molecule has 0 atom stereocenters. The van der Waals surface area contributed by atoms with Gasteiger partial charge in [-0.25, -0.2) is 0 Å². The predicted octanol–water partition coefficient (Wildman–Crippen LogP) is 9.14.